The molecule has 2 aliphatic rings. The summed E-state index contributed by atoms with van der Waals surface area (Å²) in [4.78, 5) is 20.9. The first kappa shape index (κ1) is 18.3. The number of rotatable bonds is 6. The second-order valence-corrected chi connectivity index (χ2v) is 7.75. The van der Waals surface area contributed by atoms with Gasteiger partial charge in [0.2, 0.25) is 5.91 Å². The van der Waals surface area contributed by atoms with Gasteiger partial charge < -0.3 is 10.1 Å². The number of likely N-dealkylation sites (N-methyl/N-ethyl adjacent to an activating group) is 1. The number of carbonyl (C=O) groups is 1. The summed E-state index contributed by atoms with van der Waals surface area (Å²) < 4.78 is 5.97. The fourth-order valence-electron chi connectivity index (χ4n) is 3.78. The first-order chi connectivity index (χ1) is 12.0. The number of amides is 1. The third kappa shape index (κ3) is 5.00. The Bertz CT molecular complexity index is 566. The van der Waals surface area contributed by atoms with Crippen LogP contribution in [0.1, 0.15) is 25.8 Å². The Kier molecular flexibility index (Phi) is 6.04. The van der Waals surface area contributed by atoms with E-state index in [2.05, 4.69) is 29.0 Å². The summed E-state index contributed by atoms with van der Waals surface area (Å²) in [7, 11) is 1.97. The SMILES string of the molecule is CC(C)[C@@H]1CN2C[C@@H](NC(=O)CN(C)Cc3ccncc3)C[C@H]2CO1. The van der Waals surface area contributed by atoms with Crippen molar-refractivity contribution in [2.45, 2.75) is 45.0 Å². The molecule has 1 N–H and O–H groups in total. The Morgan fingerprint density at radius 3 is 2.88 bits per heavy atom. The molecule has 0 radical (unpaired) electrons. The fraction of sp³-hybridized carbons (Fsp3) is 0.684. The molecule has 3 heterocycles. The fourth-order valence-corrected chi connectivity index (χ4v) is 3.78. The molecule has 3 atom stereocenters. The Balaban J connectivity index is 1.43. The average Bonchev–Trinajstić information content (AvgIpc) is 2.96. The Morgan fingerprint density at radius 1 is 1.40 bits per heavy atom. The lowest BCUT2D eigenvalue weighted by Crippen LogP contribution is -2.48. The number of nitrogens with zero attached hydrogens (tertiary/aromatic N) is 3. The molecule has 6 nitrogen and oxygen atoms in total. The number of aromatic nitrogens is 1. The summed E-state index contributed by atoms with van der Waals surface area (Å²) in [5, 5.41) is 3.21. The van der Waals surface area contributed by atoms with Crippen molar-refractivity contribution >= 4 is 5.91 Å². The van der Waals surface area contributed by atoms with Gasteiger partial charge in [-0.25, -0.2) is 0 Å². The second-order valence-electron chi connectivity index (χ2n) is 7.75. The predicted octanol–water partition coefficient (Wildman–Crippen LogP) is 1.13. The van der Waals surface area contributed by atoms with E-state index < -0.39 is 0 Å². The van der Waals surface area contributed by atoms with Crippen LogP contribution in [0.4, 0.5) is 0 Å². The van der Waals surface area contributed by atoms with E-state index in [-0.39, 0.29) is 11.9 Å². The van der Waals surface area contributed by atoms with Gasteiger partial charge in [-0.3, -0.25) is 19.6 Å². The van der Waals surface area contributed by atoms with Crippen LogP contribution >= 0.6 is 0 Å². The van der Waals surface area contributed by atoms with Crippen molar-refractivity contribution in [3.8, 4) is 0 Å². The molecule has 0 saturated carbocycles. The van der Waals surface area contributed by atoms with Gasteiger partial charge >= 0.3 is 0 Å². The molecule has 0 aromatic carbocycles. The Labute approximate surface area is 150 Å². The molecule has 2 saturated heterocycles. The Morgan fingerprint density at radius 2 is 2.16 bits per heavy atom. The minimum Gasteiger partial charge on any atom is -0.375 e. The topological polar surface area (TPSA) is 57.7 Å². The summed E-state index contributed by atoms with van der Waals surface area (Å²) >= 11 is 0. The molecule has 25 heavy (non-hydrogen) atoms. The van der Waals surface area contributed by atoms with Crippen molar-refractivity contribution < 1.29 is 9.53 Å². The van der Waals surface area contributed by atoms with Gasteiger partial charge in [0.15, 0.2) is 0 Å². The van der Waals surface area contributed by atoms with Crippen LogP contribution in [0.25, 0.3) is 0 Å². The predicted molar refractivity (Wildman–Crippen MR) is 97.1 cm³/mol. The summed E-state index contributed by atoms with van der Waals surface area (Å²) in [5.74, 6) is 0.638. The average molecular weight is 346 g/mol. The summed E-state index contributed by atoms with van der Waals surface area (Å²) in [6, 6.07) is 4.65. The molecular formula is C19H30N4O2. The molecule has 0 aliphatic carbocycles. The van der Waals surface area contributed by atoms with Crippen molar-refractivity contribution in [2.24, 2.45) is 5.92 Å². The van der Waals surface area contributed by atoms with E-state index >= 15 is 0 Å². The first-order valence-electron chi connectivity index (χ1n) is 9.23. The highest BCUT2D eigenvalue weighted by Crippen LogP contribution is 2.25. The lowest BCUT2D eigenvalue weighted by molar-refractivity contribution is -0.122. The van der Waals surface area contributed by atoms with E-state index in [1.54, 1.807) is 12.4 Å². The van der Waals surface area contributed by atoms with Gasteiger partial charge in [0.05, 0.1) is 19.3 Å². The quantitative estimate of drug-likeness (QED) is 0.837. The van der Waals surface area contributed by atoms with Crippen molar-refractivity contribution in [3.63, 3.8) is 0 Å². The normalized spacial score (nSPS) is 26.8. The second kappa shape index (κ2) is 8.25. The number of morpholine rings is 1. The third-order valence-corrected chi connectivity index (χ3v) is 5.17. The van der Waals surface area contributed by atoms with E-state index in [9.17, 15) is 4.79 Å². The van der Waals surface area contributed by atoms with Crippen LogP contribution in [0.2, 0.25) is 0 Å². The van der Waals surface area contributed by atoms with Crippen LogP contribution in [-0.4, -0.2) is 72.2 Å². The van der Waals surface area contributed by atoms with E-state index in [4.69, 9.17) is 4.74 Å². The largest absolute Gasteiger partial charge is 0.375 e. The van der Waals surface area contributed by atoms with Gasteiger partial charge in [0.1, 0.15) is 0 Å². The van der Waals surface area contributed by atoms with Crippen LogP contribution in [0.5, 0.6) is 0 Å². The van der Waals surface area contributed by atoms with Crippen molar-refractivity contribution in [1.29, 1.82) is 0 Å². The first-order valence-corrected chi connectivity index (χ1v) is 9.23. The number of hydrogen-bond acceptors (Lipinski definition) is 5. The summed E-state index contributed by atoms with van der Waals surface area (Å²) in [5.41, 5.74) is 1.17. The van der Waals surface area contributed by atoms with Gasteiger partial charge in [0, 0.05) is 44.1 Å². The molecule has 1 aromatic rings. The highest BCUT2D eigenvalue weighted by atomic mass is 16.5. The third-order valence-electron chi connectivity index (χ3n) is 5.17. The maximum absolute atomic E-state index is 12.4. The molecular weight excluding hydrogens is 316 g/mol. The molecule has 2 fully saturated rings. The van der Waals surface area contributed by atoms with E-state index in [1.807, 2.05) is 24.1 Å². The van der Waals surface area contributed by atoms with Gasteiger partial charge in [-0.05, 0) is 37.1 Å². The van der Waals surface area contributed by atoms with E-state index in [1.165, 1.54) is 5.56 Å². The number of nitrogens with one attached hydrogen (secondary N) is 1. The van der Waals surface area contributed by atoms with Gasteiger partial charge in [-0.1, -0.05) is 13.8 Å². The molecule has 0 bridgehead atoms. The van der Waals surface area contributed by atoms with E-state index in [0.717, 1.165) is 32.7 Å². The minimum absolute atomic E-state index is 0.0998. The van der Waals surface area contributed by atoms with Gasteiger partial charge in [-0.15, -0.1) is 0 Å². The molecule has 0 unspecified atom stereocenters. The lowest BCUT2D eigenvalue weighted by atomic mass is 10.0. The van der Waals surface area contributed by atoms with Crippen molar-refractivity contribution in [3.05, 3.63) is 30.1 Å². The highest BCUT2D eigenvalue weighted by molar-refractivity contribution is 5.78. The van der Waals surface area contributed by atoms with Crippen LogP contribution < -0.4 is 5.32 Å². The number of pyridine rings is 1. The van der Waals surface area contributed by atoms with Crippen molar-refractivity contribution in [1.82, 2.24) is 20.1 Å². The van der Waals surface area contributed by atoms with Crippen LogP contribution in [-0.2, 0) is 16.1 Å². The monoisotopic (exact) mass is 346 g/mol. The van der Waals surface area contributed by atoms with E-state index in [0.29, 0.717) is 24.6 Å². The number of ether oxygens (including phenoxy) is 1. The molecule has 2 aliphatic heterocycles. The summed E-state index contributed by atoms with van der Waals surface area (Å²) in [6.07, 6.45) is 4.87. The molecule has 138 valence electrons. The van der Waals surface area contributed by atoms with Crippen molar-refractivity contribution in [2.75, 3.05) is 33.3 Å². The number of carbonyl (C=O) groups excluding carboxylic acids is 1. The zero-order valence-corrected chi connectivity index (χ0v) is 15.5. The lowest BCUT2D eigenvalue weighted by Gasteiger charge is -2.36. The number of fused-ring (bicyclic) bond motifs is 1. The maximum Gasteiger partial charge on any atom is 0.234 e. The highest BCUT2D eigenvalue weighted by Gasteiger charge is 2.38. The number of hydrogen-bond donors (Lipinski definition) is 1. The molecule has 1 aromatic heterocycles. The molecule has 0 spiro atoms. The van der Waals surface area contributed by atoms with Crippen LogP contribution in [0, 0.1) is 5.92 Å². The smallest absolute Gasteiger partial charge is 0.234 e. The van der Waals surface area contributed by atoms with Crippen LogP contribution in [0.15, 0.2) is 24.5 Å². The molecule has 1 amide bonds. The zero-order chi connectivity index (χ0) is 17.8. The maximum atomic E-state index is 12.4. The standard InChI is InChI=1S/C19H30N4O2/c1-14(2)18-11-23-10-16(8-17(23)13-25-18)21-19(24)12-22(3)9-15-4-6-20-7-5-15/h4-7,14,16-18H,8-13H2,1-3H3,(H,21,24)/t16-,17-,18-/m0/s1. The molecule has 3 rings (SSSR count). The molecule has 6 heteroatoms. The Hall–Kier alpha value is -1.50. The zero-order valence-electron chi connectivity index (χ0n) is 15.5. The summed E-state index contributed by atoms with van der Waals surface area (Å²) in [6.45, 7) is 8.29. The van der Waals surface area contributed by atoms with Gasteiger partial charge in [-0.2, -0.15) is 0 Å². The minimum atomic E-state index is 0.0998. The van der Waals surface area contributed by atoms with Crippen LogP contribution in [0.3, 0.4) is 0 Å². The van der Waals surface area contributed by atoms with Gasteiger partial charge in [0.25, 0.3) is 0 Å².